The summed E-state index contributed by atoms with van der Waals surface area (Å²) in [6, 6.07) is 11.5. The van der Waals surface area contributed by atoms with Crippen LogP contribution in [-0.2, 0) is 41.6 Å². The number of likely N-dealkylation sites (tertiary alicyclic amines) is 2. The molecule has 6 N–H and O–H groups in total. The van der Waals surface area contributed by atoms with Crippen LogP contribution in [0, 0.1) is 23.7 Å². The van der Waals surface area contributed by atoms with Crippen LogP contribution in [0.4, 0.5) is 0 Å². The van der Waals surface area contributed by atoms with E-state index >= 15 is 0 Å². The topological polar surface area (TPSA) is 181 Å². The Balaban J connectivity index is 0.00000462. The first-order valence-corrected chi connectivity index (χ1v) is 22.8. The van der Waals surface area contributed by atoms with E-state index in [-0.39, 0.29) is 79.3 Å². The van der Waals surface area contributed by atoms with Gasteiger partial charge in [0.25, 0.3) is 0 Å². The Labute approximate surface area is 396 Å². The summed E-state index contributed by atoms with van der Waals surface area (Å²) in [5.41, 5.74) is 4.68. The molecule has 0 saturated carbocycles. The lowest BCUT2D eigenvalue weighted by Gasteiger charge is -2.31. The normalized spacial score (nSPS) is 21.3. The SMILES string of the molecule is CC[C@H](NC)C(=O)N[C@@H](CC#CC#CC[C@H](NC(=O)[C@H](C)NC)C(=O)N1CCC[C@H]1C(=O)NC1CCCc2ccccc21)C(=O)N1CCC[C@H]1C(=O)N[C@@H]1CCCc2ccccc21.Cl.Cl. The van der Waals surface area contributed by atoms with Crippen molar-refractivity contribution < 1.29 is 28.8 Å². The molecule has 2 saturated heterocycles. The molecular formula is C49H66Cl2N8O6. The Morgan fingerprint density at radius 1 is 0.615 bits per heavy atom. The minimum absolute atomic E-state index is 0. The average Bonchev–Trinajstić information content (AvgIpc) is 4.01. The average molecular weight is 934 g/mol. The zero-order valence-electron chi connectivity index (χ0n) is 38.0. The van der Waals surface area contributed by atoms with Crippen LogP contribution in [0.25, 0.3) is 0 Å². The zero-order valence-corrected chi connectivity index (χ0v) is 39.6. The smallest absolute Gasteiger partial charge is 0.246 e. The second-order valence-electron chi connectivity index (χ2n) is 17.1. The molecule has 8 atom stereocenters. The van der Waals surface area contributed by atoms with Crippen molar-refractivity contribution in [2.75, 3.05) is 27.2 Å². The lowest BCUT2D eigenvalue weighted by atomic mass is 9.87. The molecule has 2 heterocycles. The van der Waals surface area contributed by atoms with Crippen LogP contribution in [0.2, 0.25) is 0 Å². The number of carbonyl (C=O) groups is 6. The maximum Gasteiger partial charge on any atom is 0.246 e. The van der Waals surface area contributed by atoms with Gasteiger partial charge in [0.05, 0.1) is 24.2 Å². The van der Waals surface area contributed by atoms with Gasteiger partial charge < -0.3 is 41.7 Å². The van der Waals surface area contributed by atoms with Gasteiger partial charge in [0.1, 0.15) is 24.2 Å². The fraction of sp³-hybridized carbons (Fsp3) is 0.551. The van der Waals surface area contributed by atoms with Crippen LogP contribution in [-0.4, -0.2) is 109 Å². The summed E-state index contributed by atoms with van der Waals surface area (Å²) in [7, 11) is 3.33. The molecule has 1 unspecified atom stereocenters. The summed E-state index contributed by atoms with van der Waals surface area (Å²) < 4.78 is 0. The number of hydrogen-bond acceptors (Lipinski definition) is 8. The molecule has 2 aromatic rings. The second-order valence-corrected chi connectivity index (χ2v) is 17.1. The van der Waals surface area contributed by atoms with E-state index in [1.54, 1.807) is 30.8 Å². The molecular weight excluding hydrogens is 867 g/mol. The van der Waals surface area contributed by atoms with Crippen molar-refractivity contribution in [1.29, 1.82) is 0 Å². The molecule has 4 aliphatic rings. The van der Waals surface area contributed by atoms with Crippen LogP contribution in [0.1, 0.15) is 119 Å². The van der Waals surface area contributed by atoms with E-state index in [1.165, 1.54) is 11.1 Å². The number of benzene rings is 2. The number of hydrogen-bond donors (Lipinski definition) is 6. The van der Waals surface area contributed by atoms with Crippen LogP contribution in [0.3, 0.4) is 0 Å². The standard InChI is InChI=1S/C49H64N8O6.2ClH/c1-5-37(51-4)45(59)55-41(49(63)57-31-17-29-43(57)47(61)53-39-27-15-21-34-19-11-13-23-36(34)39)25-9-7-6-8-24-40(54-44(58)32(2)50-3)48(62)56-30-16-28-42(56)46(60)52-38-26-14-20-33-18-10-12-22-35(33)38;;/h10-13,18-19,22-23,32,37-43,50-51H,5,14-17,20-21,24-31H2,1-4H3,(H,52,60)(H,53,61)(H,54,58)(H,55,59);2*1H/t32-,37-,38?,39+,40-,41-,42-,43-;;/m0../s1. The third kappa shape index (κ3) is 13.3. The molecule has 0 spiro atoms. The highest BCUT2D eigenvalue weighted by Crippen LogP contribution is 2.32. The Kier molecular flexibility index (Phi) is 20.6. The van der Waals surface area contributed by atoms with Gasteiger partial charge in [-0.25, -0.2) is 0 Å². The third-order valence-corrected chi connectivity index (χ3v) is 13.0. The summed E-state index contributed by atoms with van der Waals surface area (Å²) in [4.78, 5) is 85.4. The first-order chi connectivity index (χ1) is 30.5. The number of halogens is 2. The second kappa shape index (κ2) is 25.5. The maximum atomic E-state index is 14.2. The predicted molar refractivity (Wildman–Crippen MR) is 255 cm³/mol. The summed E-state index contributed by atoms with van der Waals surface area (Å²) in [5, 5.41) is 18.0. The van der Waals surface area contributed by atoms with Crippen molar-refractivity contribution in [3.8, 4) is 23.7 Å². The highest BCUT2D eigenvalue weighted by atomic mass is 35.5. The van der Waals surface area contributed by atoms with Gasteiger partial charge in [0, 0.05) is 25.9 Å². The number of nitrogens with zero attached hydrogens (tertiary/aromatic N) is 2. The lowest BCUT2D eigenvalue weighted by molar-refractivity contribution is -0.141. The van der Waals surface area contributed by atoms with E-state index in [4.69, 9.17) is 0 Å². The Bertz CT molecular complexity index is 2130. The first-order valence-electron chi connectivity index (χ1n) is 22.8. The largest absolute Gasteiger partial charge is 0.347 e. The van der Waals surface area contributed by atoms with Gasteiger partial charge in [-0.2, -0.15) is 0 Å². The third-order valence-electron chi connectivity index (χ3n) is 13.0. The molecule has 14 nitrogen and oxygen atoms in total. The predicted octanol–water partition coefficient (Wildman–Crippen LogP) is 3.56. The van der Waals surface area contributed by atoms with Crippen LogP contribution in [0.15, 0.2) is 48.5 Å². The van der Waals surface area contributed by atoms with Gasteiger partial charge in [-0.1, -0.05) is 67.3 Å². The van der Waals surface area contributed by atoms with Gasteiger partial charge in [-0.15, -0.1) is 24.8 Å². The molecule has 65 heavy (non-hydrogen) atoms. The Hall–Kier alpha value is -5.12. The van der Waals surface area contributed by atoms with E-state index < -0.39 is 42.2 Å². The van der Waals surface area contributed by atoms with E-state index in [9.17, 15) is 28.8 Å². The Morgan fingerprint density at radius 3 is 1.49 bits per heavy atom. The molecule has 2 aliphatic heterocycles. The van der Waals surface area contributed by atoms with E-state index in [1.807, 2.05) is 37.3 Å². The lowest BCUT2D eigenvalue weighted by Crippen LogP contribution is -2.56. The van der Waals surface area contributed by atoms with Gasteiger partial charge in [-0.3, -0.25) is 28.8 Å². The highest BCUT2D eigenvalue weighted by molar-refractivity contribution is 5.95. The van der Waals surface area contributed by atoms with Gasteiger partial charge in [0.2, 0.25) is 35.4 Å². The highest BCUT2D eigenvalue weighted by Gasteiger charge is 2.40. The molecule has 352 valence electrons. The van der Waals surface area contributed by atoms with E-state index in [0.29, 0.717) is 45.2 Å². The van der Waals surface area contributed by atoms with Gasteiger partial charge >= 0.3 is 0 Å². The van der Waals surface area contributed by atoms with Crippen LogP contribution >= 0.6 is 24.8 Å². The van der Waals surface area contributed by atoms with Crippen molar-refractivity contribution in [2.24, 2.45) is 0 Å². The van der Waals surface area contributed by atoms with Gasteiger partial charge in [-0.05, 0) is 126 Å². The van der Waals surface area contributed by atoms with Crippen molar-refractivity contribution in [3.05, 3.63) is 70.8 Å². The van der Waals surface area contributed by atoms with Crippen molar-refractivity contribution in [3.63, 3.8) is 0 Å². The molecule has 16 heteroatoms. The zero-order chi connectivity index (χ0) is 44.9. The molecule has 2 aromatic carbocycles. The fourth-order valence-electron chi connectivity index (χ4n) is 9.37. The Morgan fingerprint density at radius 2 is 1.06 bits per heavy atom. The quantitative estimate of drug-likeness (QED) is 0.147. The van der Waals surface area contributed by atoms with Gasteiger partial charge in [0.15, 0.2) is 0 Å². The number of carbonyl (C=O) groups excluding carboxylic acids is 6. The van der Waals surface area contributed by atoms with E-state index in [2.05, 4.69) is 73.8 Å². The maximum absolute atomic E-state index is 14.2. The molecule has 2 aliphatic carbocycles. The number of amides is 6. The molecule has 0 radical (unpaired) electrons. The minimum Gasteiger partial charge on any atom is -0.347 e. The minimum atomic E-state index is -1.03. The first kappa shape index (κ1) is 52.5. The summed E-state index contributed by atoms with van der Waals surface area (Å²) in [5.74, 6) is 9.48. The monoisotopic (exact) mass is 932 g/mol. The number of aryl methyl sites for hydroxylation is 2. The van der Waals surface area contributed by atoms with Crippen molar-refractivity contribution in [1.82, 2.24) is 41.7 Å². The molecule has 6 amide bonds. The van der Waals surface area contributed by atoms with Crippen LogP contribution in [0.5, 0.6) is 0 Å². The number of nitrogens with one attached hydrogen (secondary N) is 6. The number of rotatable bonds is 15. The van der Waals surface area contributed by atoms with Crippen LogP contribution < -0.4 is 31.9 Å². The summed E-state index contributed by atoms with van der Waals surface area (Å²) in [6.45, 7) is 4.31. The van der Waals surface area contributed by atoms with E-state index in [0.717, 1.165) is 49.7 Å². The molecule has 0 aromatic heterocycles. The van der Waals surface area contributed by atoms with Crippen molar-refractivity contribution >= 4 is 60.3 Å². The fourth-order valence-corrected chi connectivity index (χ4v) is 9.37. The number of likely N-dealkylation sites (N-methyl/N-ethyl adjacent to an activating group) is 2. The molecule has 2 fully saturated rings. The molecule has 6 rings (SSSR count). The molecule has 0 bridgehead atoms. The number of fused-ring (bicyclic) bond motifs is 2. The van der Waals surface area contributed by atoms with Crippen molar-refractivity contribution in [2.45, 2.75) is 146 Å². The summed E-state index contributed by atoms with van der Waals surface area (Å²) >= 11 is 0. The summed E-state index contributed by atoms with van der Waals surface area (Å²) in [6.07, 6.45) is 8.21.